The molecule has 3 aliphatic heterocycles. The molecule has 2 aromatic rings. The number of aryl methyl sites for hydroxylation is 1. The number of aliphatic hydroxyl groups excluding tert-OH is 6. The Labute approximate surface area is 265 Å². The molecule has 0 aromatic heterocycles. The third kappa shape index (κ3) is 6.77. The van der Waals surface area contributed by atoms with E-state index in [1.807, 2.05) is 12.1 Å². The van der Waals surface area contributed by atoms with Gasteiger partial charge >= 0.3 is 0 Å². The Hall–Kier alpha value is -2.80. The van der Waals surface area contributed by atoms with Crippen molar-refractivity contribution in [2.75, 3.05) is 47.3 Å². The van der Waals surface area contributed by atoms with Crippen LogP contribution in [0.15, 0.2) is 30.3 Å². The molecule has 2 saturated heterocycles. The summed E-state index contributed by atoms with van der Waals surface area (Å²) in [5.41, 5.74) is 0.328. The summed E-state index contributed by atoms with van der Waals surface area (Å²) in [5.74, 6) is 0.574. The van der Waals surface area contributed by atoms with E-state index in [9.17, 15) is 40.9 Å². The fourth-order valence-corrected chi connectivity index (χ4v) is 5.90. The van der Waals surface area contributed by atoms with Crippen LogP contribution in [0.2, 0.25) is 0 Å². The molecule has 0 bridgehead atoms. The van der Waals surface area contributed by atoms with E-state index in [0.717, 1.165) is 11.1 Å². The highest BCUT2D eigenvalue weighted by atomic mass is 16.7. The molecule has 46 heavy (non-hydrogen) atoms. The van der Waals surface area contributed by atoms with Gasteiger partial charge in [0.1, 0.15) is 42.2 Å². The molecule has 0 aliphatic carbocycles. The first kappa shape index (κ1) is 34.5. The van der Waals surface area contributed by atoms with Crippen molar-refractivity contribution in [3.8, 4) is 23.0 Å². The highest BCUT2D eigenvalue weighted by Gasteiger charge is 2.50. The summed E-state index contributed by atoms with van der Waals surface area (Å²) in [5, 5.41) is 81.4. The third-order valence-electron chi connectivity index (χ3n) is 8.64. The molecule has 10 atom stereocenters. The number of aromatic hydroxyl groups is 1. The minimum atomic E-state index is -1.92. The maximum atomic E-state index is 10.8. The number of rotatable bonds is 13. The van der Waals surface area contributed by atoms with Gasteiger partial charge < -0.3 is 74.0 Å². The molecular weight excluding hydrogens is 612 g/mol. The fraction of sp³-hybridized carbons (Fsp3) is 0.613. The molecule has 2 fully saturated rings. The highest BCUT2D eigenvalue weighted by molar-refractivity contribution is 5.56. The average Bonchev–Trinajstić information content (AvgIpc) is 3.58. The van der Waals surface area contributed by atoms with Crippen LogP contribution in [0.4, 0.5) is 0 Å². The first-order chi connectivity index (χ1) is 22.0. The molecule has 0 spiro atoms. The van der Waals surface area contributed by atoms with E-state index in [4.69, 9.17) is 33.2 Å². The summed E-state index contributed by atoms with van der Waals surface area (Å²) in [6.07, 6.45) is -10.1. The number of ether oxygens (including phenoxy) is 7. The van der Waals surface area contributed by atoms with Crippen molar-refractivity contribution in [3.63, 3.8) is 0 Å². The van der Waals surface area contributed by atoms with Gasteiger partial charge in [0, 0.05) is 12.2 Å². The van der Waals surface area contributed by atoms with Crippen LogP contribution in [-0.2, 0) is 25.4 Å². The minimum Gasteiger partial charge on any atom is -0.504 e. The van der Waals surface area contributed by atoms with Crippen molar-refractivity contribution < 1.29 is 74.0 Å². The fourth-order valence-electron chi connectivity index (χ4n) is 5.90. The average molecular weight is 655 g/mol. The van der Waals surface area contributed by atoms with Gasteiger partial charge in [0.15, 0.2) is 35.6 Å². The third-order valence-corrected chi connectivity index (χ3v) is 8.64. The van der Waals surface area contributed by atoms with Gasteiger partial charge in [-0.3, -0.25) is 0 Å². The van der Waals surface area contributed by atoms with Crippen LogP contribution in [-0.4, -0.2) is 137 Å². The largest absolute Gasteiger partial charge is 0.504 e. The van der Waals surface area contributed by atoms with Gasteiger partial charge in [-0.15, -0.1) is 0 Å². The summed E-state index contributed by atoms with van der Waals surface area (Å²) in [6.45, 7) is -1.69. The van der Waals surface area contributed by atoms with Crippen LogP contribution >= 0.6 is 0 Å². The van der Waals surface area contributed by atoms with Gasteiger partial charge in [0.05, 0.1) is 46.6 Å². The normalized spacial score (nSPS) is 33.9. The second-order valence-electron chi connectivity index (χ2n) is 11.7. The quantitative estimate of drug-likeness (QED) is 0.127. The second kappa shape index (κ2) is 14.5. The first-order valence-corrected chi connectivity index (χ1v) is 15.0. The monoisotopic (exact) mass is 654 g/mol. The first-order valence-electron chi connectivity index (χ1n) is 15.0. The maximum absolute atomic E-state index is 10.8. The summed E-state index contributed by atoms with van der Waals surface area (Å²) in [6, 6.07) is 8.54. The van der Waals surface area contributed by atoms with E-state index in [2.05, 4.69) is 0 Å². The SMILES string of the molecule is COc1cc([C@H]2Oc3c(OC)cc(CCCO)cc3[C@@H]2CO[C@@H]2O[C@H](CO[C@@H]3OC[C@](O)(CO)[C@H]3O)[C@@H](O)[C@H](O)[C@H]2O)ccc1O. The Kier molecular flexibility index (Phi) is 10.9. The Morgan fingerprint density at radius 3 is 2.30 bits per heavy atom. The molecule has 3 heterocycles. The molecule has 15 heteroatoms. The molecule has 15 nitrogen and oxygen atoms in total. The zero-order valence-corrected chi connectivity index (χ0v) is 25.5. The van der Waals surface area contributed by atoms with E-state index in [1.165, 1.54) is 20.3 Å². The van der Waals surface area contributed by atoms with E-state index >= 15 is 0 Å². The smallest absolute Gasteiger partial charge is 0.186 e. The highest BCUT2D eigenvalue weighted by Crippen LogP contribution is 2.52. The molecule has 256 valence electrons. The number of aliphatic hydroxyl groups is 7. The van der Waals surface area contributed by atoms with Gasteiger partial charge in [-0.2, -0.15) is 0 Å². The summed E-state index contributed by atoms with van der Waals surface area (Å²) in [4.78, 5) is 0. The molecule has 0 saturated carbocycles. The lowest BCUT2D eigenvalue weighted by Gasteiger charge is -2.40. The zero-order valence-electron chi connectivity index (χ0n) is 25.5. The Morgan fingerprint density at radius 2 is 1.63 bits per heavy atom. The van der Waals surface area contributed by atoms with Crippen LogP contribution in [0.5, 0.6) is 23.0 Å². The van der Waals surface area contributed by atoms with Crippen molar-refractivity contribution in [3.05, 3.63) is 47.0 Å². The van der Waals surface area contributed by atoms with Gasteiger partial charge in [0.2, 0.25) is 0 Å². The van der Waals surface area contributed by atoms with E-state index in [0.29, 0.717) is 29.9 Å². The zero-order chi connectivity index (χ0) is 33.2. The van der Waals surface area contributed by atoms with Crippen molar-refractivity contribution >= 4 is 0 Å². The predicted molar refractivity (Wildman–Crippen MR) is 156 cm³/mol. The van der Waals surface area contributed by atoms with E-state index < -0.39 is 73.9 Å². The molecule has 3 aliphatic rings. The van der Waals surface area contributed by atoms with Crippen LogP contribution < -0.4 is 14.2 Å². The standard InChI is InChI=1S/C31H42O15/c1-40-20-10-16(5-6-19(20)34)26-18(17-8-15(4-3-7-32)9-21(41-2)27(17)46-26)11-42-29-25(37)24(36)23(35)22(45-29)12-43-30-28(38)31(39,13-33)14-44-30/h5-6,8-10,18,22-26,28-30,32-39H,3-4,7,11-14H2,1-2H3/t18-,22+,23+,24-,25+,26+,28-,29+,30+,31+/m0/s1. The Bertz CT molecular complexity index is 1330. The molecule has 0 amide bonds. The van der Waals surface area contributed by atoms with Crippen molar-refractivity contribution in [2.24, 2.45) is 0 Å². The lowest BCUT2D eigenvalue weighted by Crippen LogP contribution is -2.59. The summed E-state index contributed by atoms with van der Waals surface area (Å²) < 4.78 is 39.9. The predicted octanol–water partition coefficient (Wildman–Crippen LogP) is -1.17. The summed E-state index contributed by atoms with van der Waals surface area (Å²) in [7, 11) is 2.94. The minimum absolute atomic E-state index is 0.00245. The number of hydrogen-bond acceptors (Lipinski definition) is 15. The second-order valence-corrected chi connectivity index (χ2v) is 11.7. The number of benzene rings is 2. The van der Waals surface area contributed by atoms with Crippen LogP contribution in [0, 0.1) is 0 Å². The van der Waals surface area contributed by atoms with Crippen molar-refractivity contribution in [2.45, 2.75) is 73.6 Å². The van der Waals surface area contributed by atoms with Gasteiger partial charge in [-0.1, -0.05) is 12.1 Å². The van der Waals surface area contributed by atoms with E-state index in [-0.39, 0.29) is 31.3 Å². The Morgan fingerprint density at radius 1 is 0.891 bits per heavy atom. The number of phenols is 1. The lowest BCUT2D eigenvalue weighted by atomic mass is 9.90. The molecule has 2 aromatic carbocycles. The topological polar surface area (TPSA) is 226 Å². The van der Waals surface area contributed by atoms with E-state index in [1.54, 1.807) is 12.1 Å². The van der Waals surface area contributed by atoms with Crippen LogP contribution in [0.3, 0.4) is 0 Å². The van der Waals surface area contributed by atoms with Crippen LogP contribution in [0.25, 0.3) is 0 Å². The molecule has 0 unspecified atom stereocenters. The molecule has 8 N–H and O–H groups in total. The number of fused-ring (bicyclic) bond motifs is 1. The molecule has 0 radical (unpaired) electrons. The number of phenolic OH excluding ortho intramolecular Hbond substituents is 1. The number of methoxy groups -OCH3 is 2. The maximum Gasteiger partial charge on any atom is 0.186 e. The van der Waals surface area contributed by atoms with Gasteiger partial charge in [-0.05, 0) is 42.2 Å². The lowest BCUT2D eigenvalue weighted by molar-refractivity contribution is -0.310. The van der Waals surface area contributed by atoms with Gasteiger partial charge in [0.25, 0.3) is 0 Å². The summed E-state index contributed by atoms with van der Waals surface area (Å²) >= 11 is 0. The van der Waals surface area contributed by atoms with Crippen LogP contribution in [0.1, 0.15) is 35.1 Å². The van der Waals surface area contributed by atoms with Crippen molar-refractivity contribution in [1.82, 2.24) is 0 Å². The molecule has 5 rings (SSSR count). The van der Waals surface area contributed by atoms with Crippen molar-refractivity contribution in [1.29, 1.82) is 0 Å². The Balaban J connectivity index is 1.37. The molecular formula is C31H42O15. The number of hydrogen-bond donors (Lipinski definition) is 8. The van der Waals surface area contributed by atoms with Gasteiger partial charge in [-0.25, -0.2) is 0 Å².